The summed E-state index contributed by atoms with van der Waals surface area (Å²) in [6, 6.07) is 9.61. The molecule has 33 heavy (non-hydrogen) atoms. The van der Waals surface area contributed by atoms with E-state index in [1.54, 1.807) is 0 Å². The summed E-state index contributed by atoms with van der Waals surface area (Å²) in [6.45, 7) is 0. The Morgan fingerprint density at radius 2 is 1.03 bits per heavy atom. The average molecular weight is 1090 g/mol. The standard InChI is InChI=1S/C21H6Br10O2/c22-9-7-8(10(23)13(26)12(9)25)19(21(11(7)24)32-6-4-2-1-3-5-6)33-20-17(30)15(28)14(27)16(29)18(20)31/h1-5,19H. The Morgan fingerprint density at radius 1 is 0.545 bits per heavy atom. The summed E-state index contributed by atoms with van der Waals surface area (Å²) in [5, 5.41) is 0. The molecule has 0 fully saturated rings. The van der Waals surface area contributed by atoms with Gasteiger partial charge in [0.15, 0.2) is 17.6 Å². The van der Waals surface area contributed by atoms with Crippen LogP contribution in [0.2, 0.25) is 0 Å². The molecule has 0 saturated carbocycles. The highest BCUT2D eigenvalue weighted by Gasteiger charge is 2.40. The first kappa shape index (κ1) is 27.8. The molecule has 12 heteroatoms. The third-order valence-corrected chi connectivity index (χ3v) is 16.2. The molecule has 0 amide bonds. The Morgan fingerprint density at radius 3 is 1.61 bits per heavy atom. The molecule has 1 atom stereocenters. The molecule has 0 aromatic heterocycles. The van der Waals surface area contributed by atoms with Gasteiger partial charge in [0.25, 0.3) is 0 Å². The van der Waals surface area contributed by atoms with E-state index < -0.39 is 6.10 Å². The lowest BCUT2D eigenvalue weighted by atomic mass is 10.1. The normalized spacial score (nSPS) is 15.2. The average Bonchev–Trinajstić information content (AvgIpc) is 3.08. The van der Waals surface area contributed by atoms with Gasteiger partial charge in [-0.25, -0.2) is 0 Å². The summed E-state index contributed by atoms with van der Waals surface area (Å²) in [6.07, 6.45) is -0.572. The van der Waals surface area contributed by atoms with E-state index in [4.69, 9.17) is 9.47 Å². The van der Waals surface area contributed by atoms with E-state index in [-0.39, 0.29) is 0 Å². The van der Waals surface area contributed by atoms with Crippen LogP contribution in [-0.2, 0) is 0 Å². The smallest absolute Gasteiger partial charge is 0.184 e. The minimum absolute atomic E-state index is 0.572. The van der Waals surface area contributed by atoms with E-state index in [1.807, 2.05) is 30.3 Å². The molecule has 1 aliphatic carbocycles. The molecule has 0 heterocycles. The second-order valence-electron chi connectivity index (χ2n) is 6.53. The fourth-order valence-electron chi connectivity index (χ4n) is 3.11. The molecule has 172 valence electrons. The lowest BCUT2D eigenvalue weighted by Gasteiger charge is -2.23. The summed E-state index contributed by atoms with van der Waals surface area (Å²) < 4.78 is 21.3. The molecular formula is C21H6Br10O2. The topological polar surface area (TPSA) is 18.5 Å². The number of hydrogen-bond acceptors (Lipinski definition) is 2. The fourth-order valence-corrected chi connectivity index (χ4v) is 9.83. The van der Waals surface area contributed by atoms with Gasteiger partial charge in [-0.05, 0) is 171 Å². The summed E-state index contributed by atoms with van der Waals surface area (Å²) in [4.78, 5) is 0. The van der Waals surface area contributed by atoms with Gasteiger partial charge in [-0.3, -0.25) is 0 Å². The predicted molar refractivity (Wildman–Crippen MR) is 168 cm³/mol. The van der Waals surface area contributed by atoms with Gasteiger partial charge in [0, 0.05) is 33.5 Å². The Balaban J connectivity index is 1.95. The number of halogens is 10. The molecule has 0 aliphatic heterocycles. The number of fused-ring (bicyclic) bond motifs is 1. The summed E-state index contributed by atoms with van der Waals surface area (Å²) >= 11 is 36.7. The first-order chi connectivity index (χ1) is 15.6. The van der Waals surface area contributed by atoms with Crippen molar-refractivity contribution in [1.82, 2.24) is 0 Å². The molecule has 3 aromatic carbocycles. The van der Waals surface area contributed by atoms with Crippen LogP contribution in [0.1, 0.15) is 17.2 Å². The van der Waals surface area contributed by atoms with Crippen molar-refractivity contribution in [2.45, 2.75) is 6.10 Å². The number of ether oxygens (including phenoxy) is 2. The van der Waals surface area contributed by atoms with E-state index >= 15 is 0 Å². The highest BCUT2D eigenvalue weighted by Crippen LogP contribution is 2.57. The number of hydrogen-bond donors (Lipinski definition) is 0. The second-order valence-corrected chi connectivity index (χ2v) is 14.5. The van der Waals surface area contributed by atoms with Gasteiger partial charge in [0.2, 0.25) is 0 Å². The van der Waals surface area contributed by atoms with Gasteiger partial charge < -0.3 is 9.47 Å². The van der Waals surface area contributed by atoms with Crippen molar-refractivity contribution in [3.8, 4) is 11.5 Å². The van der Waals surface area contributed by atoms with Crippen molar-refractivity contribution in [3.05, 3.63) is 87.5 Å². The molecule has 1 aliphatic rings. The number of rotatable bonds is 4. The highest BCUT2D eigenvalue weighted by molar-refractivity contribution is 9.16. The molecule has 1 unspecified atom stereocenters. The quantitative estimate of drug-likeness (QED) is 0.191. The molecule has 0 N–H and O–H groups in total. The third-order valence-electron chi connectivity index (χ3n) is 4.62. The lowest BCUT2D eigenvalue weighted by Crippen LogP contribution is -2.14. The largest absolute Gasteiger partial charge is 0.475 e. The zero-order chi connectivity index (χ0) is 24.2. The van der Waals surface area contributed by atoms with Crippen LogP contribution in [0.4, 0.5) is 0 Å². The molecule has 4 rings (SSSR count). The Hall–Kier alpha value is 1.80. The Labute approximate surface area is 274 Å². The van der Waals surface area contributed by atoms with Crippen LogP contribution in [0.5, 0.6) is 11.5 Å². The maximum Gasteiger partial charge on any atom is 0.184 e. The van der Waals surface area contributed by atoms with Gasteiger partial charge in [-0.2, -0.15) is 0 Å². The zero-order valence-electron chi connectivity index (χ0n) is 15.6. The maximum absolute atomic E-state index is 6.69. The van der Waals surface area contributed by atoms with Crippen molar-refractivity contribution in [1.29, 1.82) is 0 Å². The lowest BCUT2D eigenvalue weighted by molar-refractivity contribution is 0.189. The van der Waals surface area contributed by atoms with Crippen molar-refractivity contribution >= 4 is 164 Å². The summed E-state index contributed by atoms with van der Waals surface area (Å²) in [5.41, 5.74) is 1.83. The van der Waals surface area contributed by atoms with Crippen molar-refractivity contribution in [2.24, 2.45) is 0 Å². The molecule has 0 saturated heterocycles. The number of para-hydroxylation sites is 1. The van der Waals surface area contributed by atoms with Gasteiger partial charge in [0.05, 0.1) is 22.4 Å². The SMILES string of the molecule is BrC1=C(Oc2ccccc2)C(Oc2c(Br)c(Br)c(Br)c(Br)c2Br)c2c(Br)c(Br)c(Br)c(Br)c21. The van der Waals surface area contributed by atoms with Crippen LogP contribution < -0.4 is 9.47 Å². The third kappa shape index (κ3) is 5.11. The van der Waals surface area contributed by atoms with Gasteiger partial charge in [0.1, 0.15) is 5.75 Å². The van der Waals surface area contributed by atoms with Crippen LogP contribution in [-0.4, -0.2) is 0 Å². The molecule has 0 bridgehead atoms. The monoisotopic (exact) mass is 1080 g/mol. The Kier molecular flexibility index (Phi) is 9.50. The van der Waals surface area contributed by atoms with E-state index in [0.29, 0.717) is 17.3 Å². The molecule has 2 nitrogen and oxygen atoms in total. The summed E-state index contributed by atoms with van der Waals surface area (Å²) in [5.74, 6) is 1.93. The van der Waals surface area contributed by atoms with Crippen LogP contribution in [0.15, 0.2) is 76.3 Å². The maximum atomic E-state index is 6.69. The first-order valence-corrected chi connectivity index (χ1v) is 16.7. The van der Waals surface area contributed by atoms with Crippen molar-refractivity contribution in [2.75, 3.05) is 0 Å². The van der Waals surface area contributed by atoms with Crippen molar-refractivity contribution < 1.29 is 9.47 Å². The molecule has 3 aromatic rings. The van der Waals surface area contributed by atoms with Crippen LogP contribution in [0.25, 0.3) is 4.48 Å². The number of benzene rings is 3. The van der Waals surface area contributed by atoms with E-state index in [0.717, 1.165) is 55.9 Å². The van der Waals surface area contributed by atoms with E-state index in [9.17, 15) is 0 Å². The van der Waals surface area contributed by atoms with Crippen LogP contribution in [0, 0.1) is 0 Å². The first-order valence-electron chi connectivity index (χ1n) is 8.73. The predicted octanol–water partition coefficient (Wildman–Crippen LogP) is 12.8. The summed E-state index contributed by atoms with van der Waals surface area (Å²) in [7, 11) is 0. The molecule has 0 spiro atoms. The van der Waals surface area contributed by atoms with E-state index in [2.05, 4.69) is 159 Å². The van der Waals surface area contributed by atoms with Crippen LogP contribution >= 0.6 is 159 Å². The minimum atomic E-state index is -0.572. The molecular weight excluding hydrogens is 1080 g/mol. The Bertz CT molecular complexity index is 1290. The highest BCUT2D eigenvalue weighted by atomic mass is 79.9. The van der Waals surface area contributed by atoms with Gasteiger partial charge in [-0.1, -0.05) is 18.2 Å². The van der Waals surface area contributed by atoms with Gasteiger partial charge >= 0.3 is 0 Å². The van der Waals surface area contributed by atoms with Crippen molar-refractivity contribution in [3.63, 3.8) is 0 Å². The second kappa shape index (κ2) is 11.3. The van der Waals surface area contributed by atoms with Crippen LogP contribution in [0.3, 0.4) is 0 Å². The van der Waals surface area contributed by atoms with E-state index in [1.165, 1.54) is 0 Å². The minimum Gasteiger partial charge on any atom is -0.475 e. The van der Waals surface area contributed by atoms with Gasteiger partial charge in [-0.15, -0.1) is 0 Å². The zero-order valence-corrected chi connectivity index (χ0v) is 31.4. The fraction of sp³-hybridized carbons (Fsp3) is 0.0476. The molecule has 0 radical (unpaired) electrons.